The van der Waals surface area contributed by atoms with E-state index in [-0.39, 0.29) is 29.2 Å². The predicted molar refractivity (Wildman–Crippen MR) is 133 cm³/mol. The first-order valence-electron chi connectivity index (χ1n) is 10.2. The van der Waals surface area contributed by atoms with Crippen LogP contribution in [0.2, 0.25) is 0 Å². The minimum absolute atomic E-state index is 0. The number of aliphatic hydroxyl groups excluding tert-OH is 1. The second-order valence-corrected chi connectivity index (χ2v) is 7.25. The lowest BCUT2D eigenvalue weighted by atomic mass is 10.1. The van der Waals surface area contributed by atoms with Gasteiger partial charge in [0.2, 0.25) is 0 Å². The molecule has 0 amide bonds. The molecule has 1 N–H and O–H groups in total. The third kappa shape index (κ3) is 12.2. The molecule has 3 aromatic carbocycles. The Hall–Kier alpha value is -1.56. The number of methoxy groups -OCH3 is 1. The topological polar surface area (TPSA) is 38.7 Å². The van der Waals surface area contributed by atoms with Crippen molar-refractivity contribution in [2.75, 3.05) is 13.7 Å². The molecule has 0 aliphatic heterocycles. The largest absolute Gasteiger partial charge is 0.497 e. The number of rotatable bonds is 10. The summed E-state index contributed by atoms with van der Waals surface area (Å²) in [6.07, 6.45) is 2.04. The molecule has 3 aromatic rings. The Labute approximate surface area is 207 Å². The summed E-state index contributed by atoms with van der Waals surface area (Å²) in [7, 11) is 1.66. The third-order valence-electron chi connectivity index (χ3n) is 4.63. The highest BCUT2D eigenvalue weighted by atomic mass is 35.5. The van der Waals surface area contributed by atoms with Gasteiger partial charge in [-0.2, -0.15) is 0 Å². The van der Waals surface area contributed by atoms with Gasteiger partial charge in [0.15, 0.2) is 0 Å². The van der Waals surface area contributed by atoms with E-state index in [4.69, 9.17) is 21.1 Å². The van der Waals surface area contributed by atoms with Gasteiger partial charge in [-0.3, -0.25) is 0 Å². The van der Waals surface area contributed by atoms with E-state index >= 15 is 0 Å². The highest BCUT2D eigenvalue weighted by Gasteiger charge is 2.05. The number of halogens is 1. The fourth-order valence-electron chi connectivity index (χ4n) is 2.82. The zero-order chi connectivity index (χ0) is 21.4. The van der Waals surface area contributed by atoms with Crippen LogP contribution in [-0.4, -0.2) is 48.0 Å². The lowest BCUT2D eigenvalue weighted by Crippen LogP contribution is -2.11. The lowest BCUT2D eigenvalue weighted by molar-refractivity contribution is 0.0702. The van der Waals surface area contributed by atoms with Gasteiger partial charge in [-0.15, -0.1) is 11.6 Å². The first-order valence-corrected chi connectivity index (χ1v) is 10.8. The third-order valence-corrected chi connectivity index (χ3v) is 4.94. The van der Waals surface area contributed by atoms with Crippen LogP contribution in [0.25, 0.3) is 0 Å². The van der Waals surface area contributed by atoms with Crippen LogP contribution in [0, 0.1) is 0 Å². The van der Waals surface area contributed by atoms with Gasteiger partial charge in [0.25, 0.3) is 0 Å². The highest BCUT2D eigenvalue weighted by Crippen LogP contribution is 2.12. The zero-order valence-electron chi connectivity index (χ0n) is 17.5. The van der Waals surface area contributed by atoms with Crippen LogP contribution < -0.4 is 4.74 Å². The fraction of sp³-hybridized carbons (Fsp3) is 0.308. The van der Waals surface area contributed by atoms with Crippen molar-refractivity contribution >= 4 is 34.7 Å². The molecular formula is C26H33ClMgO3. The lowest BCUT2D eigenvalue weighted by Gasteiger charge is -2.11. The van der Waals surface area contributed by atoms with Crippen LogP contribution in [0.1, 0.15) is 29.5 Å². The molecule has 164 valence electrons. The molecule has 0 radical (unpaired) electrons. The van der Waals surface area contributed by atoms with Crippen LogP contribution >= 0.6 is 11.6 Å². The van der Waals surface area contributed by atoms with Crippen molar-refractivity contribution in [3.05, 3.63) is 102 Å². The van der Waals surface area contributed by atoms with Crippen molar-refractivity contribution in [3.63, 3.8) is 0 Å². The molecule has 0 bridgehead atoms. The van der Waals surface area contributed by atoms with Crippen LogP contribution in [0.3, 0.4) is 0 Å². The number of alkyl halides is 1. The van der Waals surface area contributed by atoms with E-state index in [0.29, 0.717) is 25.5 Å². The zero-order valence-corrected chi connectivity index (χ0v) is 18.3. The standard InChI is InChI=1S/C19H24O3.C7H7Cl.Mg.2H/c1-21-19-11-8-17(9-12-19)15-22-14-13-18(20)10-7-16-5-3-2-4-6-16;8-6-7-4-2-1-3-5-7;;;/h2-6,8-9,11-12,18,20H,7,10,13-15H2,1H3;1-5H,6H2;;;. The predicted octanol–water partition coefficient (Wildman–Crippen LogP) is 5.10. The van der Waals surface area contributed by atoms with Gasteiger partial charge >= 0.3 is 23.1 Å². The Morgan fingerprint density at radius 1 is 0.774 bits per heavy atom. The van der Waals surface area contributed by atoms with Gasteiger partial charge < -0.3 is 14.6 Å². The van der Waals surface area contributed by atoms with Crippen molar-refractivity contribution < 1.29 is 14.6 Å². The average Bonchev–Trinajstić information content (AvgIpc) is 2.82. The summed E-state index contributed by atoms with van der Waals surface area (Å²) in [5.74, 6) is 1.46. The van der Waals surface area contributed by atoms with E-state index in [1.165, 1.54) is 11.1 Å². The molecule has 3 nitrogen and oxygen atoms in total. The van der Waals surface area contributed by atoms with E-state index in [1.807, 2.05) is 72.8 Å². The Morgan fingerprint density at radius 2 is 1.35 bits per heavy atom. The van der Waals surface area contributed by atoms with E-state index in [1.54, 1.807) is 7.11 Å². The smallest absolute Gasteiger partial charge is 0.316 e. The normalized spacial score (nSPS) is 10.9. The number of hydrogen-bond acceptors (Lipinski definition) is 3. The monoisotopic (exact) mass is 452 g/mol. The summed E-state index contributed by atoms with van der Waals surface area (Å²) in [5.41, 5.74) is 3.55. The molecule has 0 aromatic heterocycles. The van der Waals surface area contributed by atoms with E-state index in [2.05, 4.69) is 12.1 Å². The number of ether oxygens (including phenoxy) is 2. The number of aliphatic hydroxyl groups is 1. The molecule has 0 aliphatic carbocycles. The molecule has 1 atom stereocenters. The minimum atomic E-state index is -0.309. The molecule has 3 rings (SSSR count). The molecular weight excluding hydrogens is 420 g/mol. The summed E-state index contributed by atoms with van der Waals surface area (Å²) >= 11 is 5.53. The first-order chi connectivity index (χ1) is 14.7. The van der Waals surface area contributed by atoms with E-state index < -0.39 is 0 Å². The maximum Gasteiger partial charge on any atom is 0.316 e. The first kappa shape index (κ1) is 27.5. The molecule has 0 spiro atoms. The van der Waals surface area contributed by atoms with E-state index in [0.717, 1.165) is 24.2 Å². The fourth-order valence-corrected chi connectivity index (χ4v) is 3.00. The molecule has 1 unspecified atom stereocenters. The second-order valence-electron chi connectivity index (χ2n) is 6.99. The summed E-state index contributed by atoms with van der Waals surface area (Å²) in [6.45, 7) is 1.14. The summed E-state index contributed by atoms with van der Waals surface area (Å²) in [5, 5.41) is 9.98. The molecule has 0 saturated carbocycles. The van der Waals surface area contributed by atoms with Crippen LogP contribution in [0.4, 0.5) is 0 Å². The van der Waals surface area contributed by atoms with Crippen molar-refractivity contribution in [2.24, 2.45) is 0 Å². The van der Waals surface area contributed by atoms with Gasteiger partial charge in [0, 0.05) is 12.5 Å². The highest BCUT2D eigenvalue weighted by molar-refractivity contribution is 6.17. The van der Waals surface area contributed by atoms with Crippen LogP contribution in [0.5, 0.6) is 5.75 Å². The Bertz CT molecular complexity index is 798. The number of hydrogen-bond donors (Lipinski definition) is 1. The SMILES string of the molecule is COc1ccc(COCCC(O)CCc2ccccc2)cc1.ClCc1ccccc1.[MgH2]. The molecule has 31 heavy (non-hydrogen) atoms. The summed E-state index contributed by atoms with van der Waals surface area (Å²) in [4.78, 5) is 0. The minimum Gasteiger partial charge on any atom is -0.497 e. The van der Waals surface area contributed by atoms with E-state index in [9.17, 15) is 5.11 Å². The molecule has 0 saturated heterocycles. The van der Waals surface area contributed by atoms with Crippen LogP contribution in [0.15, 0.2) is 84.9 Å². The van der Waals surface area contributed by atoms with Crippen LogP contribution in [-0.2, 0) is 23.6 Å². The molecule has 0 fully saturated rings. The van der Waals surface area contributed by atoms with Crippen molar-refractivity contribution in [2.45, 2.75) is 37.9 Å². The number of benzene rings is 3. The van der Waals surface area contributed by atoms with Gasteiger partial charge in [0.05, 0.1) is 19.8 Å². The Kier molecular flexibility index (Phi) is 15.1. The van der Waals surface area contributed by atoms with Gasteiger partial charge in [-0.25, -0.2) is 0 Å². The Balaban J connectivity index is 0.000000450. The van der Waals surface area contributed by atoms with Gasteiger partial charge in [-0.1, -0.05) is 72.8 Å². The maximum atomic E-state index is 9.98. The van der Waals surface area contributed by atoms with Crippen molar-refractivity contribution in [3.8, 4) is 5.75 Å². The average molecular weight is 453 g/mol. The molecule has 0 aliphatic rings. The second kappa shape index (κ2) is 17.0. The maximum absolute atomic E-state index is 9.98. The molecule has 5 heteroatoms. The van der Waals surface area contributed by atoms with Crippen molar-refractivity contribution in [1.29, 1.82) is 0 Å². The summed E-state index contributed by atoms with van der Waals surface area (Å²) in [6, 6.07) is 28.0. The van der Waals surface area contributed by atoms with Gasteiger partial charge in [0.1, 0.15) is 5.75 Å². The molecule has 0 heterocycles. The number of aryl methyl sites for hydroxylation is 1. The summed E-state index contributed by atoms with van der Waals surface area (Å²) < 4.78 is 10.7. The quantitative estimate of drug-likeness (QED) is 0.264. The van der Waals surface area contributed by atoms with Gasteiger partial charge in [-0.05, 0) is 48.1 Å². The Morgan fingerprint density at radius 3 is 1.87 bits per heavy atom. The van der Waals surface area contributed by atoms with Crippen molar-refractivity contribution in [1.82, 2.24) is 0 Å².